The number of benzene rings is 1. The van der Waals surface area contributed by atoms with Crippen LogP contribution in [0.4, 0.5) is 4.39 Å². The van der Waals surface area contributed by atoms with Crippen LogP contribution in [0.2, 0.25) is 0 Å². The number of hydrogen-bond acceptors (Lipinski definition) is 3. The first-order valence-corrected chi connectivity index (χ1v) is 4.36. The van der Waals surface area contributed by atoms with Gasteiger partial charge in [-0.2, -0.15) is 5.10 Å². The van der Waals surface area contributed by atoms with E-state index in [9.17, 15) is 14.3 Å². The van der Waals surface area contributed by atoms with Gasteiger partial charge >= 0.3 is 5.97 Å². The molecule has 0 amide bonds. The smallest absolute Gasteiger partial charge is 0.360 e. The molecule has 0 radical (unpaired) electrons. The molecule has 0 aliphatic carbocycles. The largest absolute Gasteiger partial charge is 0.504 e. The molecule has 6 heteroatoms. The monoisotopic (exact) mass is 222 g/mol. The highest BCUT2D eigenvalue weighted by atomic mass is 19.1. The van der Waals surface area contributed by atoms with Crippen LogP contribution in [0.5, 0.6) is 5.75 Å². The fraction of sp³-hybridized carbons (Fsp3) is 0. The Morgan fingerprint density at radius 2 is 2.19 bits per heavy atom. The van der Waals surface area contributed by atoms with Crippen molar-refractivity contribution in [2.45, 2.75) is 0 Å². The maximum absolute atomic E-state index is 12.9. The first-order valence-electron chi connectivity index (χ1n) is 4.36. The normalized spacial score (nSPS) is 10.3. The number of carboxylic acid groups (broad SMARTS) is 1. The minimum Gasteiger partial charge on any atom is -0.504 e. The van der Waals surface area contributed by atoms with Crippen LogP contribution < -0.4 is 0 Å². The molecule has 0 saturated heterocycles. The van der Waals surface area contributed by atoms with Gasteiger partial charge in [0, 0.05) is 0 Å². The highest BCUT2D eigenvalue weighted by molar-refractivity contribution is 5.88. The molecular weight excluding hydrogens is 215 g/mol. The average molecular weight is 222 g/mol. The van der Waals surface area contributed by atoms with Gasteiger partial charge in [0.15, 0.2) is 5.75 Å². The molecule has 0 saturated carbocycles. The number of carboxylic acids is 1. The maximum Gasteiger partial charge on any atom is 0.360 e. The van der Waals surface area contributed by atoms with E-state index in [1.807, 2.05) is 0 Å². The predicted molar refractivity (Wildman–Crippen MR) is 52.1 cm³/mol. The summed E-state index contributed by atoms with van der Waals surface area (Å²) in [5.41, 5.74) is -0.132. The third-order valence-corrected chi connectivity index (χ3v) is 1.97. The average Bonchev–Trinajstić information content (AvgIpc) is 2.60. The van der Waals surface area contributed by atoms with E-state index in [4.69, 9.17) is 5.11 Å². The van der Waals surface area contributed by atoms with Gasteiger partial charge in [-0.3, -0.25) is 0 Å². The molecule has 0 fully saturated rings. The van der Waals surface area contributed by atoms with Crippen molar-refractivity contribution in [3.05, 3.63) is 42.0 Å². The van der Waals surface area contributed by atoms with Crippen LogP contribution in [-0.4, -0.2) is 26.0 Å². The fourth-order valence-electron chi connectivity index (χ4n) is 1.27. The van der Waals surface area contributed by atoms with E-state index in [1.165, 1.54) is 18.2 Å². The molecule has 2 N–H and O–H groups in total. The Balaban J connectivity index is 2.49. The predicted octanol–water partition coefficient (Wildman–Crippen LogP) is 1.42. The van der Waals surface area contributed by atoms with Gasteiger partial charge in [0.1, 0.15) is 5.82 Å². The summed E-state index contributed by atoms with van der Waals surface area (Å²) >= 11 is 0. The molecule has 0 unspecified atom stereocenters. The Kier molecular flexibility index (Phi) is 2.32. The number of aromatic nitrogens is 2. The molecule has 0 spiro atoms. The topological polar surface area (TPSA) is 75.3 Å². The highest BCUT2D eigenvalue weighted by Gasteiger charge is 2.15. The lowest BCUT2D eigenvalue weighted by atomic mass is 10.3. The zero-order valence-electron chi connectivity index (χ0n) is 7.96. The zero-order valence-corrected chi connectivity index (χ0v) is 7.96. The van der Waals surface area contributed by atoms with E-state index in [0.717, 1.165) is 10.9 Å². The number of nitrogens with zero attached hydrogens (tertiary/aromatic N) is 2. The molecule has 5 nitrogen and oxygen atoms in total. The summed E-state index contributed by atoms with van der Waals surface area (Å²) < 4.78 is 14.0. The number of carbonyl (C=O) groups is 1. The lowest BCUT2D eigenvalue weighted by Crippen LogP contribution is -2.01. The Morgan fingerprint density at radius 3 is 2.75 bits per heavy atom. The highest BCUT2D eigenvalue weighted by Crippen LogP contribution is 2.18. The van der Waals surface area contributed by atoms with Gasteiger partial charge in [0.25, 0.3) is 0 Å². The Labute approximate surface area is 89.4 Å². The van der Waals surface area contributed by atoms with Crippen molar-refractivity contribution in [3.8, 4) is 11.4 Å². The van der Waals surface area contributed by atoms with E-state index >= 15 is 0 Å². The summed E-state index contributed by atoms with van der Waals surface area (Å²) in [6.07, 6.45) is 1.11. The van der Waals surface area contributed by atoms with Crippen LogP contribution in [0.1, 0.15) is 10.5 Å². The summed E-state index contributed by atoms with van der Waals surface area (Å²) in [6, 6.07) is 5.44. The van der Waals surface area contributed by atoms with E-state index in [1.54, 1.807) is 6.07 Å². The van der Waals surface area contributed by atoms with Crippen LogP contribution in [0.25, 0.3) is 5.69 Å². The van der Waals surface area contributed by atoms with Crippen molar-refractivity contribution in [3.63, 3.8) is 0 Å². The molecular formula is C10H7FN2O3. The first-order chi connectivity index (χ1) is 7.58. The van der Waals surface area contributed by atoms with Gasteiger partial charge in [-0.15, -0.1) is 0 Å². The van der Waals surface area contributed by atoms with Crippen LogP contribution in [-0.2, 0) is 0 Å². The molecule has 82 valence electrons. The van der Waals surface area contributed by atoms with Crippen molar-refractivity contribution in [2.75, 3.05) is 0 Å². The summed E-state index contributed by atoms with van der Waals surface area (Å²) in [7, 11) is 0. The summed E-state index contributed by atoms with van der Waals surface area (Å²) in [5, 5.41) is 21.6. The van der Waals surface area contributed by atoms with Crippen LogP contribution in [0, 0.1) is 5.82 Å². The lowest BCUT2D eigenvalue weighted by Gasteiger charge is -1.99. The minimum atomic E-state index is -1.34. The minimum absolute atomic E-state index is 0.336. The van der Waals surface area contributed by atoms with Crippen molar-refractivity contribution in [1.82, 2.24) is 9.78 Å². The van der Waals surface area contributed by atoms with Gasteiger partial charge < -0.3 is 10.2 Å². The fourth-order valence-corrected chi connectivity index (χ4v) is 1.27. The molecule has 16 heavy (non-hydrogen) atoms. The lowest BCUT2D eigenvalue weighted by molar-refractivity contribution is 0.0687. The third-order valence-electron chi connectivity index (χ3n) is 1.97. The van der Waals surface area contributed by atoms with Crippen molar-refractivity contribution in [2.24, 2.45) is 0 Å². The third kappa shape index (κ3) is 1.72. The quantitative estimate of drug-likeness (QED) is 0.805. The summed E-state index contributed by atoms with van der Waals surface area (Å²) in [5.74, 6) is -2.27. The van der Waals surface area contributed by atoms with Gasteiger partial charge in [-0.25, -0.2) is 13.9 Å². The number of rotatable bonds is 2. The van der Waals surface area contributed by atoms with Crippen LogP contribution >= 0.6 is 0 Å². The van der Waals surface area contributed by atoms with E-state index in [0.29, 0.717) is 5.69 Å². The molecule has 1 heterocycles. The van der Waals surface area contributed by atoms with Crippen molar-refractivity contribution >= 4 is 5.97 Å². The van der Waals surface area contributed by atoms with Gasteiger partial charge in [-0.05, 0) is 18.2 Å². The second-order valence-electron chi connectivity index (χ2n) is 3.09. The standard InChI is InChI=1S/C10H7FN2O3/c11-6-2-1-3-7(4-6)13-5-8(14)9(12-13)10(15)16/h1-5,14H,(H,15,16). The maximum atomic E-state index is 12.9. The van der Waals surface area contributed by atoms with Crippen LogP contribution in [0.3, 0.4) is 0 Å². The summed E-state index contributed by atoms with van der Waals surface area (Å²) in [4.78, 5) is 10.6. The first kappa shape index (κ1) is 10.2. The van der Waals surface area contributed by atoms with E-state index in [2.05, 4.69) is 5.10 Å². The number of aromatic hydroxyl groups is 1. The number of halogens is 1. The zero-order chi connectivity index (χ0) is 11.7. The van der Waals surface area contributed by atoms with E-state index in [-0.39, 0.29) is 0 Å². The molecule has 0 bridgehead atoms. The molecule has 0 atom stereocenters. The molecule has 1 aromatic heterocycles. The van der Waals surface area contributed by atoms with Gasteiger partial charge in [-0.1, -0.05) is 6.07 Å². The van der Waals surface area contributed by atoms with Gasteiger partial charge in [0.05, 0.1) is 11.9 Å². The number of hydrogen-bond donors (Lipinski definition) is 2. The molecule has 1 aromatic carbocycles. The molecule has 2 aromatic rings. The molecule has 0 aliphatic heterocycles. The van der Waals surface area contributed by atoms with Gasteiger partial charge in [0.2, 0.25) is 5.69 Å². The summed E-state index contributed by atoms with van der Waals surface area (Å²) in [6.45, 7) is 0. The second-order valence-corrected chi connectivity index (χ2v) is 3.09. The van der Waals surface area contributed by atoms with Crippen molar-refractivity contribution < 1.29 is 19.4 Å². The van der Waals surface area contributed by atoms with E-state index < -0.39 is 23.2 Å². The Hall–Kier alpha value is -2.37. The van der Waals surface area contributed by atoms with Crippen LogP contribution in [0.15, 0.2) is 30.5 Å². The van der Waals surface area contributed by atoms with Crippen molar-refractivity contribution in [1.29, 1.82) is 0 Å². The SMILES string of the molecule is O=C(O)c1nn(-c2cccc(F)c2)cc1O. The Bertz CT molecular complexity index is 551. The Morgan fingerprint density at radius 1 is 1.44 bits per heavy atom. The molecule has 0 aliphatic rings. The number of aromatic carboxylic acids is 1. The molecule has 2 rings (SSSR count). The second kappa shape index (κ2) is 3.65.